The lowest BCUT2D eigenvalue weighted by atomic mass is 9.95. The van der Waals surface area contributed by atoms with Crippen LogP contribution in [0.2, 0.25) is 0 Å². The molecule has 0 saturated heterocycles. The molecule has 4 aromatic rings. The van der Waals surface area contributed by atoms with E-state index in [1.54, 1.807) is 36.6 Å². The van der Waals surface area contributed by atoms with E-state index in [1.165, 1.54) is 23.5 Å². The van der Waals surface area contributed by atoms with E-state index in [-0.39, 0.29) is 30.7 Å². The second kappa shape index (κ2) is 13.1. The van der Waals surface area contributed by atoms with Crippen LogP contribution in [0, 0.1) is 5.82 Å². The molecule has 7 nitrogen and oxygen atoms in total. The average molecular weight is 666 g/mol. The molecule has 10 heteroatoms. The van der Waals surface area contributed by atoms with Crippen molar-refractivity contribution in [2.75, 3.05) is 6.61 Å². The predicted octanol–water partition coefficient (Wildman–Crippen LogP) is 6.07. The first-order chi connectivity index (χ1) is 20.7. The van der Waals surface area contributed by atoms with E-state index in [0.717, 1.165) is 11.1 Å². The van der Waals surface area contributed by atoms with Crippen LogP contribution < -0.4 is 24.4 Å². The first-order valence-electron chi connectivity index (χ1n) is 13.8. The molecule has 43 heavy (non-hydrogen) atoms. The van der Waals surface area contributed by atoms with Gasteiger partial charge in [-0.25, -0.2) is 14.2 Å². The van der Waals surface area contributed by atoms with Crippen molar-refractivity contribution in [1.82, 2.24) is 4.57 Å². The number of esters is 1. The number of ether oxygens (including phenoxy) is 3. The maximum Gasteiger partial charge on any atom is 0.338 e. The zero-order chi connectivity index (χ0) is 30.7. The van der Waals surface area contributed by atoms with Gasteiger partial charge in [0.05, 0.1) is 33.0 Å². The molecule has 1 aromatic heterocycles. The van der Waals surface area contributed by atoms with Gasteiger partial charge in [0.1, 0.15) is 30.0 Å². The van der Waals surface area contributed by atoms with Gasteiger partial charge in [0.15, 0.2) is 4.80 Å². The number of fused-ring (bicyclic) bond motifs is 1. The number of benzene rings is 3. The van der Waals surface area contributed by atoms with E-state index in [1.807, 2.05) is 56.3 Å². The highest BCUT2D eigenvalue weighted by Crippen LogP contribution is 2.36. The molecule has 0 saturated carbocycles. The van der Waals surface area contributed by atoms with Crippen molar-refractivity contribution < 1.29 is 23.4 Å². The van der Waals surface area contributed by atoms with Crippen LogP contribution in [0.25, 0.3) is 6.08 Å². The van der Waals surface area contributed by atoms with E-state index < -0.39 is 12.0 Å². The highest BCUT2D eigenvalue weighted by atomic mass is 79.9. The van der Waals surface area contributed by atoms with Gasteiger partial charge in [-0.3, -0.25) is 9.36 Å². The molecule has 1 aliphatic heterocycles. The number of rotatable bonds is 9. The maximum atomic E-state index is 14.0. The number of carbonyl (C=O) groups is 1. The molecule has 222 valence electrons. The van der Waals surface area contributed by atoms with Crippen LogP contribution in [0.3, 0.4) is 0 Å². The minimum Gasteiger partial charge on any atom is -0.491 e. The zero-order valence-electron chi connectivity index (χ0n) is 24.1. The van der Waals surface area contributed by atoms with Crippen molar-refractivity contribution in [1.29, 1.82) is 0 Å². The Morgan fingerprint density at radius 3 is 2.56 bits per heavy atom. The molecule has 0 radical (unpaired) electrons. The quantitative estimate of drug-likeness (QED) is 0.203. The fraction of sp³-hybridized carbons (Fsp3) is 0.242. The van der Waals surface area contributed by atoms with E-state index in [9.17, 15) is 14.0 Å². The van der Waals surface area contributed by atoms with Crippen LogP contribution >= 0.6 is 27.3 Å². The molecule has 0 N–H and O–H groups in total. The van der Waals surface area contributed by atoms with E-state index in [2.05, 4.69) is 20.9 Å². The number of thiazole rings is 1. The Morgan fingerprint density at radius 2 is 1.86 bits per heavy atom. The van der Waals surface area contributed by atoms with E-state index >= 15 is 0 Å². The molecular formula is C33H30BrFN2O5S. The molecule has 3 aromatic carbocycles. The van der Waals surface area contributed by atoms with Crippen LogP contribution in [0.1, 0.15) is 50.4 Å². The number of nitrogens with zero attached hydrogens (tertiary/aromatic N) is 2. The summed E-state index contributed by atoms with van der Waals surface area (Å²) in [4.78, 5) is 32.4. The van der Waals surface area contributed by atoms with Gasteiger partial charge in [0.25, 0.3) is 5.56 Å². The summed E-state index contributed by atoms with van der Waals surface area (Å²) in [5.41, 5.74) is 2.78. The third-order valence-corrected chi connectivity index (χ3v) is 8.26. The predicted molar refractivity (Wildman–Crippen MR) is 167 cm³/mol. The second-order valence-electron chi connectivity index (χ2n) is 10.1. The lowest BCUT2D eigenvalue weighted by Crippen LogP contribution is -2.40. The number of hydrogen-bond donors (Lipinski definition) is 0. The van der Waals surface area contributed by atoms with Gasteiger partial charge in [-0.1, -0.05) is 47.7 Å². The molecule has 5 rings (SSSR count). The third kappa shape index (κ3) is 6.65. The third-order valence-electron chi connectivity index (χ3n) is 6.65. The molecule has 1 atom stereocenters. The van der Waals surface area contributed by atoms with Crippen molar-refractivity contribution in [3.8, 4) is 11.5 Å². The van der Waals surface area contributed by atoms with Gasteiger partial charge >= 0.3 is 5.97 Å². The SMILES string of the molecule is CCOC(=O)C1=C(C)N=c2s/c(=C/c3ccc(OCc4ccc(F)cc4)c(Br)c3)c(=O)n2[C@@H]1c1ccccc1OC(C)C. The van der Waals surface area contributed by atoms with Crippen LogP contribution in [0.15, 0.2) is 92.3 Å². The van der Waals surface area contributed by atoms with Crippen molar-refractivity contribution in [3.63, 3.8) is 0 Å². The molecule has 0 fully saturated rings. The smallest absolute Gasteiger partial charge is 0.338 e. The highest BCUT2D eigenvalue weighted by Gasteiger charge is 2.35. The summed E-state index contributed by atoms with van der Waals surface area (Å²) < 4.78 is 33.3. The number of aromatic nitrogens is 1. The standard InChI is InChI=1S/C33H30BrFN2O5S/c1-5-40-32(39)29-20(4)36-33-37(30(29)24-8-6-7-9-26(24)42-19(2)3)31(38)28(43-33)17-22-12-15-27(25(34)16-22)41-18-21-10-13-23(35)14-11-21/h6-17,19,30H,5,18H2,1-4H3/b28-17+/t30-/m1/s1. The van der Waals surface area contributed by atoms with Crippen LogP contribution in [-0.4, -0.2) is 23.2 Å². The van der Waals surface area contributed by atoms with Crippen molar-refractivity contribution in [2.24, 2.45) is 4.99 Å². The molecule has 2 heterocycles. The van der Waals surface area contributed by atoms with Gasteiger partial charge in [-0.15, -0.1) is 0 Å². The number of halogens is 2. The van der Waals surface area contributed by atoms with Gasteiger partial charge in [-0.05, 0) is 91.2 Å². The zero-order valence-corrected chi connectivity index (χ0v) is 26.5. The number of carbonyl (C=O) groups excluding carboxylic acids is 1. The molecule has 0 unspecified atom stereocenters. The Balaban J connectivity index is 1.55. The lowest BCUT2D eigenvalue weighted by molar-refractivity contribution is -0.139. The summed E-state index contributed by atoms with van der Waals surface area (Å²) in [5.74, 6) is 0.363. The Hall–Kier alpha value is -4.02. The first kappa shape index (κ1) is 30.4. The van der Waals surface area contributed by atoms with Crippen molar-refractivity contribution in [3.05, 3.63) is 125 Å². The Morgan fingerprint density at radius 1 is 1.12 bits per heavy atom. The molecular weight excluding hydrogens is 635 g/mol. The average Bonchev–Trinajstić information content (AvgIpc) is 3.26. The van der Waals surface area contributed by atoms with E-state index in [4.69, 9.17) is 14.2 Å². The van der Waals surface area contributed by atoms with E-state index in [0.29, 0.717) is 42.1 Å². The molecule has 0 bridgehead atoms. The van der Waals surface area contributed by atoms with Gasteiger partial charge in [-0.2, -0.15) is 0 Å². The maximum absolute atomic E-state index is 14.0. The monoisotopic (exact) mass is 664 g/mol. The summed E-state index contributed by atoms with van der Waals surface area (Å²) in [6.07, 6.45) is 1.67. The van der Waals surface area contributed by atoms with Gasteiger partial charge in [0.2, 0.25) is 0 Å². The Labute approximate surface area is 260 Å². The number of hydrogen-bond acceptors (Lipinski definition) is 7. The van der Waals surface area contributed by atoms with Crippen molar-refractivity contribution >= 4 is 39.3 Å². The Kier molecular flexibility index (Phi) is 9.27. The summed E-state index contributed by atoms with van der Waals surface area (Å²) in [7, 11) is 0. The number of para-hydroxylation sites is 1. The van der Waals surface area contributed by atoms with Gasteiger partial charge in [0, 0.05) is 5.56 Å². The van der Waals surface area contributed by atoms with Crippen LogP contribution in [-0.2, 0) is 16.1 Å². The lowest BCUT2D eigenvalue weighted by Gasteiger charge is -2.26. The summed E-state index contributed by atoms with van der Waals surface area (Å²) in [6.45, 7) is 7.81. The fourth-order valence-electron chi connectivity index (χ4n) is 4.77. The topological polar surface area (TPSA) is 79.1 Å². The summed E-state index contributed by atoms with van der Waals surface area (Å²) >= 11 is 4.81. The summed E-state index contributed by atoms with van der Waals surface area (Å²) in [5, 5.41) is 0. The normalized spacial score (nSPS) is 14.9. The largest absolute Gasteiger partial charge is 0.491 e. The van der Waals surface area contributed by atoms with Crippen molar-refractivity contribution in [2.45, 2.75) is 46.4 Å². The second-order valence-corrected chi connectivity index (χ2v) is 12.0. The molecule has 0 aliphatic carbocycles. The fourth-order valence-corrected chi connectivity index (χ4v) is 6.33. The Bertz CT molecular complexity index is 1880. The summed E-state index contributed by atoms with van der Waals surface area (Å²) in [6, 6.07) is 18.3. The van der Waals surface area contributed by atoms with Crippen LogP contribution in [0.4, 0.5) is 4.39 Å². The minimum atomic E-state index is -0.777. The number of allylic oxidation sites excluding steroid dienone is 1. The molecule has 0 amide bonds. The molecule has 0 spiro atoms. The highest BCUT2D eigenvalue weighted by molar-refractivity contribution is 9.10. The van der Waals surface area contributed by atoms with Gasteiger partial charge < -0.3 is 14.2 Å². The first-order valence-corrected chi connectivity index (χ1v) is 15.4. The molecule has 1 aliphatic rings. The van der Waals surface area contributed by atoms with Crippen LogP contribution in [0.5, 0.6) is 11.5 Å². The minimum absolute atomic E-state index is 0.116.